The van der Waals surface area contributed by atoms with E-state index in [-0.39, 0.29) is 30.5 Å². The molecular weight excluding hydrogens is 369 g/mol. The molecule has 0 aromatic carbocycles. The van der Waals surface area contributed by atoms with Crippen LogP contribution in [-0.4, -0.2) is 57.8 Å². The van der Waals surface area contributed by atoms with Crippen molar-refractivity contribution in [2.24, 2.45) is 0 Å². The summed E-state index contributed by atoms with van der Waals surface area (Å²) in [7, 11) is 1.45. The first-order valence-electron chi connectivity index (χ1n) is 10.6. The Morgan fingerprint density at radius 1 is 1.17 bits per heavy atom. The number of nitrogens with zero attached hydrogens (tertiary/aromatic N) is 3. The van der Waals surface area contributed by atoms with Crippen LogP contribution in [-0.2, 0) is 14.0 Å². The first-order chi connectivity index (χ1) is 13.3. The molecule has 8 heteroatoms. The molecule has 0 N–H and O–H groups in total. The van der Waals surface area contributed by atoms with Gasteiger partial charge in [-0.25, -0.2) is 4.79 Å². The molecule has 1 aromatic heterocycles. The molecule has 1 aliphatic heterocycles. The van der Waals surface area contributed by atoms with Crippen molar-refractivity contribution >= 4 is 18.7 Å². The Kier molecular flexibility index (Phi) is 5.82. The molecule has 0 unspecified atom stereocenters. The van der Waals surface area contributed by atoms with Crippen LogP contribution in [0.5, 0.6) is 0 Å². The maximum Gasteiger partial charge on any atom is 0.498 e. The number of carbonyl (C=O) groups is 1. The number of aromatic nitrogens is 2. The van der Waals surface area contributed by atoms with Crippen molar-refractivity contribution in [3.05, 3.63) is 12.4 Å². The molecule has 162 valence electrons. The second-order valence-corrected chi connectivity index (χ2v) is 10.4. The number of rotatable bonds is 3. The highest BCUT2D eigenvalue weighted by atomic mass is 16.7. The van der Waals surface area contributed by atoms with Crippen LogP contribution in [0.2, 0.25) is 0 Å². The van der Waals surface area contributed by atoms with Crippen molar-refractivity contribution in [2.45, 2.75) is 103 Å². The predicted molar refractivity (Wildman–Crippen MR) is 113 cm³/mol. The largest absolute Gasteiger partial charge is 0.498 e. The highest BCUT2D eigenvalue weighted by Crippen LogP contribution is 2.36. The summed E-state index contributed by atoms with van der Waals surface area (Å²) in [5.74, 6) is 0. The molecule has 29 heavy (non-hydrogen) atoms. The lowest BCUT2D eigenvalue weighted by Gasteiger charge is -2.35. The third-order valence-corrected chi connectivity index (χ3v) is 6.42. The van der Waals surface area contributed by atoms with E-state index in [1.807, 2.05) is 44.9 Å². The van der Waals surface area contributed by atoms with Crippen LogP contribution in [0.25, 0.3) is 0 Å². The molecule has 2 heterocycles. The highest BCUT2D eigenvalue weighted by Gasteiger charge is 2.52. The van der Waals surface area contributed by atoms with Crippen molar-refractivity contribution in [2.75, 3.05) is 7.05 Å². The standard InChI is InChI=1S/C21H36BN3O4/c1-19(2,3)27-18(26)24(8)16-9-11-17(12-10-16)25-14-15(13-23-25)22-28-20(4,5)21(6,7)29-22/h13-14,16-17H,9-12H2,1-8H3/t16-,17+. The lowest BCUT2D eigenvalue weighted by atomic mass is 9.82. The molecule has 2 fully saturated rings. The Bertz CT molecular complexity index is 717. The van der Waals surface area contributed by atoms with E-state index in [0.29, 0.717) is 6.04 Å². The Morgan fingerprint density at radius 3 is 2.24 bits per heavy atom. The molecule has 1 amide bonds. The minimum atomic E-state index is -0.471. The zero-order valence-electron chi connectivity index (χ0n) is 19.2. The van der Waals surface area contributed by atoms with E-state index in [2.05, 4.69) is 32.8 Å². The van der Waals surface area contributed by atoms with E-state index in [1.54, 1.807) is 4.90 Å². The summed E-state index contributed by atoms with van der Waals surface area (Å²) < 4.78 is 19.8. The summed E-state index contributed by atoms with van der Waals surface area (Å²) in [6, 6.07) is 0.536. The van der Waals surface area contributed by atoms with Crippen molar-refractivity contribution in [3.63, 3.8) is 0 Å². The molecule has 0 bridgehead atoms. The fourth-order valence-electron chi connectivity index (χ4n) is 3.85. The molecule has 2 aliphatic rings. The Balaban J connectivity index is 1.57. The number of amides is 1. The van der Waals surface area contributed by atoms with E-state index in [4.69, 9.17) is 14.0 Å². The van der Waals surface area contributed by atoms with E-state index < -0.39 is 5.60 Å². The Labute approximate surface area is 175 Å². The third-order valence-electron chi connectivity index (χ3n) is 6.42. The maximum atomic E-state index is 12.3. The molecule has 3 rings (SSSR count). The van der Waals surface area contributed by atoms with Crippen LogP contribution < -0.4 is 5.46 Å². The molecule has 1 saturated heterocycles. The van der Waals surface area contributed by atoms with Crippen LogP contribution in [0.3, 0.4) is 0 Å². The summed E-state index contributed by atoms with van der Waals surface area (Å²) in [5.41, 5.74) is -0.230. The van der Waals surface area contributed by atoms with Gasteiger partial charge in [-0.15, -0.1) is 0 Å². The lowest BCUT2D eigenvalue weighted by molar-refractivity contribution is 0.00578. The average Bonchev–Trinajstić information content (AvgIpc) is 3.16. The summed E-state index contributed by atoms with van der Waals surface area (Å²) in [6.07, 6.45) is 7.47. The minimum Gasteiger partial charge on any atom is -0.444 e. The maximum absolute atomic E-state index is 12.3. The Morgan fingerprint density at radius 2 is 1.72 bits per heavy atom. The van der Waals surface area contributed by atoms with E-state index in [1.165, 1.54) is 0 Å². The molecule has 1 aromatic rings. The minimum absolute atomic E-state index is 0.208. The zero-order chi connectivity index (χ0) is 21.6. The third kappa shape index (κ3) is 4.80. The first-order valence-corrected chi connectivity index (χ1v) is 10.6. The van der Waals surface area contributed by atoms with Crippen LogP contribution >= 0.6 is 0 Å². The SMILES string of the molecule is CN(C(=O)OC(C)(C)C)[C@H]1CC[C@@H](n2cc(B3OC(C)(C)C(C)(C)O3)cn2)CC1. The van der Waals surface area contributed by atoms with E-state index >= 15 is 0 Å². The monoisotopic (exact) mass is 405 g/mol. The van der Waals surface area contributed by atoms with Crippen molar-refractivity contribution in [3.8, 4) is 0 Å². The number of ether oxygens (including phenoxy) is 1. The second kappa shape index (κ2) is 7.62. The van der Waals surface area contributed by atoms with Crippen LogP contribution in [0.15, 0.2) is 12.4 Å². The van der Waals surface area contributed by atoms with Gasteiger partial charge < -0.3 is 18.9 Å². The van der Waals surface area contributed by atoms with Crippen molar-refractivity contribution in [1.82, 2.24) is 14.7 Å². The van der Waals surface area contributed by atoms with Gasteiger partial charge in [0.1, 0.15) is 5.60 Å². The zero-order valence-corrected chi connectivity index (χ0v) is 19.2. The van der Waals surface area contributed by atoms with Gasteiger partial charge in [0.15, 0.2) is 0 Å². The van der Waals surface area contributed by atoms with Crippen molar-refractivity contribution in [1.29, 1.82) is 0 Å². The van der Waals surface area contributed by atoms with Gasteiger partial charge >= 0.3 is 13.2 Å². The van der Waals surface area contributed by atoms with Crippen molar-refractivity contribution < 1.29 is 18.8 Å². The van der Waals surface area contributed by atoms with Gasteiger partial charge in [-0.2, -0.15) is 5.10 Å². The fourth-order valence-corrected chi connectivity index (χ4v) is 3.85. The van der Waals surface area contributed by atoms with Gasteiger partial charge in [-0.05, 0) is 74.1 Å². The van der Waals surface area contributed by atoms with Gasteiger partial charge in [0.25, 0.3) is 0 Å². The summed E-state index contributed by atoms with van der Waals surface area (Å²) >= 11 is 0. The first kappa shape index (κ1) is 22.2. The van der Waals surface area contributed by atoms with Gasteiger partial charge in [0.2, 0.25) is 0 Å². The van der Waals surface area contributed by atoms with Crippen LogP contribution in [0, 0.1) is 0 Å². The molecule has 1 saturated carbocycles. The number of hydrogen-bond acceptors (Lipinski definition) is 5. The average molecular weight is 405 g/mol. The molecule has 0 spiro atoms. The van der Waals surface area contributed by atoms with Crippen LogP contribution in [0.1, 0.15) is 80.2 Å². The quantitative estimate of drug-likeness (QED) is 0.720. The lowest BCUT2D eigenvalue weighted by Crippen LogP contribution is -2.42. The fraction of sp³-hybridized carbons (Fsp3) is 0.810. The molecule has 7 nitrogen and oxygen atoms in total. The number of carbonyl (C=O) groups excluding carboxylic acids is 1. The van der Waals surface area contributed by atoms with Gasteiger partial charge in [-0.3, -0.25) is 4.68 Å². The topological polar surface area (TPSA) is 65.8 Å². The molecule has 0 atom stereocenters. The van der Waals surface area contributed by atoms with E-state index in [9.17, 15) is 4.79 Å². The Hall–Kier alpha value is -1.54. The smallest absolute Gasteiger partial charge is 0.444 e. The second-order valence-electron chi connectivity index (χ2n) is 10.4. The highest BCUT2D eigenvalue weighted by molar-refractivity contribution is 6.62. The normalized spacial score (nSPS) is 26.4. The van der Waals surface area contributed by atoms with Crippen LogP contribution in [0.4, 0.5) is 4.79 Å². The molecular formula is C21H36BN3O4. The predicted octanol–water partition coefficient (Wildman–Crippen LogP) is 3.53. The van der Waals surface area contributed by atoms with E-state index in [0.717, 1.165) is 31.1 Å². The summed E-state index contributed by atoms with van der Waals surface area (Å²) in [6.45, 7) is 13.9. The summed E-state index contributed by atoms with van der Waals surface area (Å²) in [4.78, 5) is 14.1. The van der Waals surface area contributed by atoms with Gasteiger partial charge in [0.05, 0.1) is 17.2 Å². The van der Waals surface area contributed by atoms with Gasteiger partial charge in [0, 0.05) is 30.9 Å². The number of hydrogen-bond donors (Lipinski definition) is 0. The molecule has 1 aliphatic carbocycles. The summed E-state index contributed by atoms with van der Waals surface area (Å²) in [5, 5.41) is 4.58. The molecule has 0 radical (unpaired) electrons. The van der Waals surface area contributed by atoms with Gasteiger partial charge in [-0.1, -0.05) is 0 Å².